The first-order chi connectivity index (χ1) is 16.8. The molecule has 1 saturated heterocycles. The lowest BCUT2D eigenvalue weighted by Gasteiger charge is -2.35. The van der Waals surface area contributed by atoms with E-state index < -0.39 is 23.9 Å². The van der Waals surface area contributed by atoms with E-state index in [9.17, 15) is 24.9 Å². The molecule has 0 bridgehead atoms. The van der Waals surface area contributed by atoms with Gasteiger partial charge >= 0.3 is 0 Å². The molecular formula is C28H33NO5S. The smallest absolute Gasteiger partial charge is 0.234 e. The number of phenolic OH excluding ortho intramolecular Hbond substituents is 1. The molecule has 2 aromatic rings. The van der Waals surface area contributed by atoms with Gasteiger partial charge in [0, 0.05) is 16.4 Å². The van der Waals surface area contributed by atoms with Crippen LogP contribution in [0.3, 0.4) is 0 Å². The molecule has 2 heterocycles. The van der Waals surface area contributed by atoms with Crippen molar-refractivity contribution in [3.05, 3.63) is 68.9 Å². The van der Waals surface area contributed by atoms with Crippen LogP contribution in [0.25, 0.3) is 6.08 Å². The van der Waals surface area contributed by atoms with Gasteiger partial charge in [0.15, 0.2) is 0 Å². The number of carbonyl (C=O) groups excluding carboxylic acids is 2. The van der Waals surface area contributed by atoms with Gasteiger partial charge in [-0.25, -0.2) is 0 Å². The van der Waals surface area contributed by atoms with Gasteiger partial charge in [-0.15, -0.1) is 11.3 Å². The van der Waals surface area contributed by atoms with Crippen molar-refractivity contribution in [2.45, 2.75) is 52.2 Å². The zero-order valence-electron chi connectivity index (χ0n) is 20.2. The number of aliphatic hydroxyl groups is 2. The lowest BCUT2D eigenvalue weighted by molar-refractivity contribution is -0.140. The second-order valence-corrected chi connectivity index (χ2v) is 10.5. The Labute approximate surface area is 210 Å². The molecule has 1 aromatic heterocycles. The fourth-order valence-corrected chi connectivity index (χ4v) is 6.25. The number of benzene rings is 1. The standard InChI is InChI=1S/C28H33NO5S/c1-3-18(14-19-7-4-5-9-23(19)31)10-11-24(32)25-17(2)13-21-26(22(25)16-30)28(34)29(27(21)33)15-20-8-6-12-35-20/h4-9,12,14,21-22,24,26,30-32H,3,10-11,13,15-16H2,1-2H3/b18-14+/t21-,22+,24-,26-/m1/s1. The van der Waals surface area contributed by atoms with Crippen molar-refractivity contribution in [1.82, 2.24) is 4.90 Å². The average Bonchev–Trinajstić information content (AvgIpc) is 3.44. The Morgan fingerprint density at radius 2 is 1.97 bits per heavy atom. The van der Waals surface area contributed by atoms with Crippen molar-refractivity contribution >= 4 is 29.2 Å². The predicted octanol–water partition coefficient (Wildman–Crippen LogP) is 4.52. The zero-order valence-corrected chi connectivity index (χ0v) is 21.0. The number of imide groups is 1. The third-order valence-electron chi connectivity index (χ3n) is 7.36. The maximum absolute atomic E-state index is 13.3. The van der Waals surface area contributed by atoms with Gasteiger partial charge in [0.25, 0.3) is 0 Å². The van der Waals surface area contributed by atoms with Gasteiger partial charge in [-0.3, -0.25) is 14.5 Å². The number of aliphatic hydroxyl groups excluding tert-OH is 2. The summed E-state index contributed by atoms with van der Waals surface area (Å²) in [4.78, 5) is 28.7. The van der Waals surface area contributed by atoms with Gasteiger partial charge in [0.1, 0.15) is 5.75 Å². The number of thiophene rings is 1. The topological polar surface area (TPSA) is 98.1 Å². The van der Waals surface area contributed by atoms with E-state index in [0.29, 0.717) is 24.8 Å². The summed E-state index contributed by atoms with van der Waals surface area (Å²) in [5.74, 6) is -1.91. The van der Waals surface area contributed by atoms with Crippen LogP contribution in [0.15, 0.2) is 58.5 Å². The van der Waals surface area contributed by atoms with Crippen molar-refractivity contribution < 1.29 is 24.9 Å². The van der Waals surface area contributed by atoms with Gasteiger partial charge in [-0.2, -0.15) is 0 Å². The van der Waals surface area contributed by atoms with Crippen LogP contribution >= 0.6 is 11.3 Å². The second-order valence-electron chi connectivity index (χ2n) is 9.47. The van der Waals surface area contributed by atoms with Crippen LogP contribution in [0.4, 0.5) is 0 Å². The number of carbonyl (C=O) groups is 2. The molecule has 2 aliphatic rings. The molecule has 7 heteroatoms. The van der Waals surface area contributed by atoms with Crippen molar-refractivity contribution in [2.24, 2.45) is 17.8 Å². The fourth-order valence-electron chi connectivity index (χ4n) is 5.55. The number of allylic oxidation sites excluding steroid dienone is 2. The first-order valence-electron chi connectivity index (χ1n) is 12.2. The summed E-state index contributed by atoms with van der Waals surface area (Å²) in [7, 11) is 0. The van der Waals surface area contributed by atoms with Crippen molar-refractivity contribution in [3.8, 4) is 5.75 Å². The van der Waals surface area contributed by atoms with Crippen LogP contribution in [0, 0.1) is 17.8 Å². The molecule has 0 spiro atoms. The van der Waals surface area contributed by atoms with Gasteiger partial charge in [0.05, 0.1) is 31.1 Å². The summed E-state index contributed by atoms with van der Waals surface area (Å²) in [5, 5.41) is 33.5. The summed E-state index contributed by atoms with van der Waals surface area (Å²) in [6.07, 6.45) is 3.39. The number of nitrogens with zero attached hydrogens (tertiary/aromatic N) is 1. The SMILES string of the molecule is CC/C(=C\c1ccccc1O)CC[C@@H](O)C1=C(C)C[C@H]2C(=O)N(Cc3cccs3)C(=O)[C@H]2[C@H]1CO. The van der Waals surface area contributed by atoms with Gasteiger partial charge < -0.3 is 15.3 Å². The lowest BCUT2D eigenvalue weighted by atomic mass is 9.68. The molecular weight excluding hydrogens is 462 g/mol. The fraction of sp³-hybridized carbons (Fsp3) is 0.429. The van der Waals surface area contributed by atoms with Crippen LogP contribution in [0.2, 0.25) is 0 Å². The van der Waals surface area contributed by atoms with Crippen molar-refractivity contribution in [3.63, 3.8) is 0 Å². The first-order valence-corrected chi connectivity index (χ1v) is 13.1. The highest BCUT2D eigenvalue weighted by molar-refractivity contribution is 7.09. The molecule has 1 aliphatic heterocycles. The molecule has 2 amide bonds. The number of fused-ring (bicyclic) bond motifs is 1. The van der Waals surface area contributed by atoms with E-state index in [1.54, 1.807) is 12.1 Å². The van der Waals surface area contributed by atoms with Crippen LogP contribution in [-0.4, -0.2) is 44.7 Å². The highest BCUT2D eigenvalue weighted by Gasteiger charge is 2.54. The minimum absolute atomic E-state index is 0.182. The van der Waals surface area contributed by atoms with Gasteiger partial charge in [-0.1, -0.05) is 48.4 Å². The lowest BCUT2D eigenvalue weighted by Crippen LogP contribution is -2.38. The molecule has 1 aromatic carbocycles. The number of amides is 2. The van der Waals surface area contributed by atoms with Crippen LogP contribution in [0.5, 0.6) is 5.75 Å². The minimum atomic E-state index is -0.818. The third kappa shape index (κ3) is 5.13. The molecule has 3 N–H and O–H groups in total. The Bertz CT molecular complexity index is 1140. The number of likely N-dealkylation sites (tertiary alicyclic amines) is 1. The maximum Gasteiger partial charge on any atom is 0.234 e. The molecule has 186 valence electrons. The highest BCUT2D eigenvalue weighted by atomic mass is 32.1. The number of hydrogen-bond acceptors (Lipinski definition) is 6. The first kappa shape index (κ1) is 25.4. The van der Waals surface area contributed by atoms with E-state index in [-0.39, 0.29) is 30.7 Å². The van der Waals surface area contributed by atoms with Gasteiger partial charge in [0.2, 0.25) is 11.8 Å². The van der Waals surface area contributed by atoms with E-state index in [1.165, 1.54) is 16.2 Å². The van der Waals surface area contributed by atoms with Crippen LogP contribution in [0.1, 0.15) is 50.0 Å². The summed E-state index contributed by atoms with van der Waals surface area (Å²) >= 11 is 1.51. The molecule has 4 rings (SSSR count). The number of para-hydroxylation sites is 1. The molecule has 1 fully saturated rings. The Kier molecular flexibility index (Phi) is 7.89. The Morgan fingerprint density at radius 3 is 2.63 bits per heavy atom. The van der Waals surface area contributed by atoms with E-state index in [4.69, 9.17) is 0 Å². The Hall–Kier alpha value is -2.74. The summed E-state index contributed by atoms with van der Waals surface area (Å²) in [5.41, 5.74) is 3.42. The number of phenols is 1. The van der Waals surface area contributed by atoms with Crippen LogP contribution in [-0.2, 0) is 16.1 Å². The van der Waals surface area contributed by atoms with E-state index >= 15 is 0 Å². The average molecular weight is 496 g/mol. The Morgan fingerprint density at radius 1 is 1.20 bits per heavy atom. The van der Waals surface area contributed by atoms with Crippen LogP contribution < -0.4 is 0 Å². The van der Waals surface area contributed by atoms with E-state index in [1.807, 2.05) is 49.6 Å². The van der Waals surface area contributed by atoms with Crippen molar-refractivity contribution in [1.29, 1.82) is 0 Å². The summed E-state index contributed by atoms with van der Waals surface area (Å²) < 4.78 is 0. The molecule has 4 atom stereocenters. The number of hydrogen-bond donors (Lipinski definition) is 3. The monoisotopic (exact) mass is 495 g/mol. The second kappa shape index (κ2) is 10.9. The molecule has 6 nitrogen and oxygen atoms in total. The largest absolute Gasteiger partial charge is 0.507 e. The maximum atomic E-state index is 13.3. The highest BCUT2D eigenvalue weighted by Crippen LogP contribution is 2.46. The molecule has 0 radical (unpaired) electrons. The molecule has 1 aliphatic carbocycles. The molecule has 35 heavy (non-hydrogen) atoms. The number of aromatic hydroxyl groups is 1. The quantitative estimate of drug-likeness (QED) is 0.351. The normalized spacial score (nSPS) is 23.7. The van der Waals surface area contributed by atoms with E-state index in [2.05, 4.69) is 0 Å². The predicted molar refractivity (Wildman–Crippen MR) is 136 cm³/mol. The minimum Gasteiger partial charge on any atom is -0.507 e. The molecule has 0 saturated carbocycles. The zero-order chi connectivity index (χ0) is 25.1. The molecule has 0 unspecified atom stereocenters. The van der Waals surface area contributed by atoms with Gasteiger partial charge in [-0.05, 0) is 55.7 Å². The van der Waals surface area contributed by atoms with Crippen molar-refractivity contribution in [2.75, 3.05) is 6.61 Å². The van der Waals surface area contributed by atoms with E-state index in [0.717, 1.165) is 28.0 Å². The Balaban J connectivity index is 1.51. The summed E-state index contributed by atoms with van der Waals surface area (Å²) in [6, 6.07) is 10.9. The summed E-state index contributed by atoms with van der Waals surface area (Å²) in [6.45, 7) is 3.91. The number of rotatable bonds is 9. The third-order valence-corrected chi connectivity index (χ3v) is 8.22.